The third-order valence-electron chi connectivity index (χ3n) is 3.76. The van der Waals surface area contributed by atoms with Gasteiger partial charge >= 0.3 is 6.03 Å². The van der Waals surface area contributed by atoms with E-state index in [0.29, 0.717) is 33.5 Å². The predicted molar refractivity (Wildman–Crippen MR) is 111 cm³/mol. The second kappa shape index (κ2) is 9.21. The second-order valence-electron chi connectivity index (χ2n) is 5.83. The summed E-state index contributed by atoms with van der Waals surface area (Å²) >= 11 is 11.8. The Labute approximate surface area is 171 Å². The summed E-state index contributed by atoms with van der Waals surface area (Å²) in [5.41, 5.74) is 2.45. The molecule has 28 heavy (non-hydrogen) atoms. The molecular formula is C20H16Cl2N4O2. The van der Waals surface area contributed by atoms with Gasteiger partial charge in [0, 0.05) is 35.9 Å². The highest BCUT2D eigenvalue weighted by Crippen LogP contribution is 2.25. The zero-order valence-corrected chi connectivity index (χ0v) is 16.1. The average molecular weight is 415 g/mol. The molecule has 0 unspecified atom stereocenters. The van der Waals surface area contributed by atoms with Gasteiger partial charge in [-0.1, -0.05) is 29.3 Å². The molecule has 142 valence electrons. The maximum absolute atomic E-state index is 12.2. The lowest BCUT2D eigenvalue weighted by Crippen LogP contribution is -2.23. The number of nitrogens with zero attached hydrogens (tertiary/aromatic N) is 1. The van der Waals surface area contributed by atoms with Crippen LogP contribution in [0.2, 0.25) is 10.0 Å². The summed E-state index contributed by atoms with van der Waals surface area (Å²) in [5, 5.41) is 8.91. The van der Waals surface area contributed by atoms with E-state index >= 15 is 0 Å². The van der Waals surface area contributed by atoms with Crippen LogP contribution in [-0.2, 0) is 6.54 Å². The minimum Gasteiger partial charge on any atom is -0.348 e. The molecule has 0 saturated heterocycles. The van der Waals surface area contributed by atoms with E-state index in [0.717, 1.165) is 5.56 Å². The van der Waals surface area contributed by atoms with E-state index in [4.69, 9.17) is 23.2 Å². The minimum atomic E-state index is -0.438. The molecule has 1 heterocycles. The number of benzene rings is 2. The van der Waals surface area contributed by atoms with Crippen LogP contribution in [0.4, 0.5) is 16.2 Å². The van der Waals surface area contributed by atoms with Gasteiger partial charge in [0.15, 0.2) is 0 Å². The van der Waals surface area contributed by atoms with Crippen LogP contribution < -0.4 is 16.0 Å². The van der Waals surface area contributed by atoms with E-state index < -0.39 is 6.03 Å². The van der Waals surface area contributed by atoms with Gasteiger partial charge in [0.2, 0.25) is 0 Å². The van der Waals surface area contributed by atoms with E-state index in [1.54, 1.807) is 54.9 Å². The molecule has 0 atom stereocenters. The van der Waals surface area contributed by atoms with Gasteiger partial charge in [0.05, 0.1) is 10.0 Å². The molecule has 0 bridgehead atoms. The number of carbonyl (C=O) groups excluding carboxylic acids is 2. The summed E-state index contributed by atoms with van der Waals surface area (Å²) in [5.74, 6) is -0.212. The van der Waals surface area contributed by atoms with Crippen molar-refractivity contribution in [3.8, 4) is 0 Å². The third kappa shape index (κ3) is 5.45. The second-order valence-corrected chi connectivity index (χ2v) is 6.64. The predicted octanol–water partition coefficient (Wildman–Crippen LogP) is 4.96. The normalized spacial score (nSPS) is 10.2. The van der Waals surface area contributed by atoms with Gasteiger partial charge in [-0.15, -0.1) is 0 Å². The molecule has 8 heteroatoms. The molecule has 6 nitrogen and oxygen atoms in total. The molecule has 3 amide bonds. The lowest BCUT2D eigenvalue weighted by molar-refractivity contribution is 0.0951. The average Bonchev–Trinajstić information content (AvgIpc) is 2.70. The van der Waals surface area contributed by atoms with Crippen molar-refractivity contribution in [1.29, 1.82) is 0 Å². The highest BCUT2D eigenvalue weighted by molar-refractivity contribution is 6.42. The van der Waals surface area contributed by atoms with Crippen LogP contribution in [0, 0.1) is 0 Å². The van der Waals surface area contributed by atoms with Crippen molar-refractivity contribution < 1.29 is 9.59 Å². The Bertz CT molecular complexity index is 979. The zero-order valence-electron chi connectivity index (χ0n) is 14.6. The van der Waals surface area contributed by atoms with Gasteiger partial charge in [-0.25, -0.2) is 4.79 Å². The molecule has 1 aromatic heterocycles. The molecule has 0 radical (unpaired) electrons. The van der Waals surface area contributed by atoms with E-state index in [9.17, 15) is 9.59 Å². The summed E-state index contributed by atoms with van der Waals surface area (Å²) in [6.07, 6.45) is 3.37. The van der Waals surface area contributed by atoms with Gasteiger partial charge in [0.1, 0.15) is 0 Å². The number of carbonyl (C=O) groups is 2. The largest absolute Gasteiger partial charge is 0.348 e. The van der Waals surface area contributed by atoms with Gasteiger partial charge in [-0.05, 0) is 54.1 Å². The van der Waals surface area contributed by atoms with Gasteiger partial charge in [-0.2, -0.15) is 0 Å². The van der Waals surface area contributed by atoms with Crippen molar-refractivity contribution >= 4 is 46.5 Å². The smallest absolute Gasteiger partial charge is 0.323 e. The zero-order chi connectivity index (χ0) is 19.9. The number of halogens is 2. The van der Waals surface area contributed by atoms with Crippen molar-refractivity contribution in [3.63, 3.8) is 0 Å². The Kier molecular flexibility index (Phi) is 6.47. The number of hydrogen-bond acceptors (Lipinski definition) is 3. The van der Waals surface area contributed by atoms with Crippen molar-refractivity contribution in [2.45, 2.75) is 6.54 Å². The van der Waals surface area contributed by atoms with Crippen LogP contribution in [0.3, 0.4) is 0 Å². The summed E-state index contributed by atoms with van der Waals surface area (Å²) in [6.45, 7) is 0.388. The quantitative estimate of drug-likeness (QED) is 0.551. The first kappa shape index (κ1) is 19.7. The molecule has 0 spiro atoms. The molecule has 0 fully saturated rings. The number of nitrogens with one attached hydrogen (secondary N) is 3. The molecule has 0 aliphatic carbocycles. The number of urea groups is 1. The lowest BCUT2D eigenvalue weighted by Gasteiger charge is -2.09. The fourth-order valence-corrected chi connectivity index (χ4v) is 2.66. The maximum atomic E-state index is 12.2. The van der Waals surface area contributed by atoms with Crippen molar-refractivity contribution in [2.24, 2.45) is 0 Å². The van der Waals surface area contributed by atoms with E-state index in [2.05, 4.69) is 20.9 Å². The first-order chi connectivity index (χ1) is 13.5. The summed E-state index contributed by atoms with van der Waals surface area (Å²) < 4.78 is 0. The topological polar surface area (TPSA) is 83.1 Å². The molecule has 0 aliphatic heterocycles. The number of anilines is 2. The standard InChI is InChI=1S/C20H16Cl2N4O2/c21-17-8-7-16(10-18(17)22)26-20(28)25-15-5-3-14(4-6-15)19(27)24-12-13-2-1-9-23-11-13/h1-11H,12H2,(H,24,27)(H2,25,26,28). The highest BCUT2D eigenvalue weighted by Gasteiger charge is 2.08. The molecule has 3 aromatic rings. The van der Waals surface area contributed by atoms with Crippen LogP contribution >= 0.6 is 23.2 Å². The van der Waals surface area contributed by atoms with Crippen LogP contribution in [0.25, 0.3) is 0 Å². The third-order valence-corrected chi connectivity index (χ3v) is 4.50. The van der Waals surface area contributed by atoms with Gasteiger partial charge in [-0.3, -0.25) is 9.78 Å². The van der Waals surface area contributed by atoms with Crippen LogP contribution in [-0.4, -0.2) is 16.9 Å². The fourth-order valence-electron chi connectivity index (χ4n) is 2.36. The molecule has 3 N–H and O–H groups in total. The molecule has 2 aromatic carbocycles. The number of hydrogen-bond donors (Lipinski definition) is 3. The maximum Gasteiger partial charge on any atom is 0.323 e. The van der Waals surface area contributed by atoms with Gasteiger partial charge < -0.3 is 16.0 Å². The fraction of sp³-hybridized carbons (Fsp3) is 0.0500. The van der Waals surface area contributed by atoms with Crippen molar-refractivity contribution in [3.05, 3.63) is 88.2 Å². The van der Waals surface area contributed by atoms with Crippen LogP contribution in [0.1, 0.15) is 15.9 Å². The molecule has 3 rings (SSSR count). The molecular weight excluding hydrogens is 399 g/mol. The number of pyridine rings is 1. The molecule has 0 saturated carbocycles. The molecule has 0 aliphatic rings. The monoisotopic (exact) mass is 414 g/mol. The van der Waals surface area contributed by atoms with Crippen LogP contribution in [0.15, 0.2) is 67.0 Å². The minimum absolute atomic E-state index is 0.212. The first-order valence-electron chi connectivity index (χ1n) is 8.31. The Hall–Kier alpha value is -3.09. The van der Waals surface area contributed by atoms with E-state index in [-0.39, 0.29) is 5.91 Å². The van der Waals surface area contributed by atoms with Crippen molar-refractivity contribution in [2.75, 3.05) is 10.6 Å². The summed E-state index contributed by atoms with van der Waals surface area (Å²) in [4.78, 5) is 28.3. The summed E-state index contributed by atoms with van der Waals surface area (Å²) in [6, 6.07) is 14.6. The Morgan fingerprint density at radius 3 is 2.29 bits per heavy atom. The summed E-state index contributed by atoms with van der Waals surface area (Å²) in [7, 11) is 0. The Balaban J connectivity index is 1.53. The van der Waals surface area contributed by atoms with Gasteiger partial charge in [0.25, 0.3) is 5.91 Å². The lowest BCUT2D eigenvalue weighted by atomic mass is 10.2. The number of amides is 3. The first-order valence-corrected chi connectivity index (χ1v) is 9.07. The van der Waals surface area contributed by atoms with E-state index in [1.165, 1.54) is 0 Å². The highest BCUT2D eigenvalue weighted by atomic mass is 35.5. The number of aromatic nitrogens is 1. The SMILES string of the molecule is O=C(Nc1ccc(C(=O)NCc2cccnc2)cc1)Nc1ccc(Cl)c(Cl)c1. The van der Waals surface area contributed by atoms with Crippen molar-refractivity contribution in [1.82, 2.24) is 10.3 Å². The van der Waals surface area contributed by atoms with E-state index in [1.807, 2.05) is 12.1 Å². The van der Waals surface area contributed by atoms with Crippen LogP contribution in [0.5, 0.6) is 0 Å². The number of rotatable bonds is 5. The Morgan fingerprint density at radius 2 is 1.61 bits per heavy atom. The Morgan fingerprint density at radius 1 is 0.893 bits per heavy atom.